The molecule has 2 N–H and O–H groups in total. The Hall–Kier alpha value is -1.35. The molecule has 0 bridgehead atoms. The van der Waals surface area contributed by atoms with Gasteiger partial charge in [-0.25, -0.2) is 13.1 Å². The molecule has 1 heterocycles. The van der Waals surface area contributed by atoms with Gasteiger partial charge in [0.2, 0.25) is 10.0 Å². The fraction of sp³-hybridized carbons (Fsp3) is 0.400. The highest BCUT2D eigenvalue weighted by atomic mass is 35.5. The van der Waals surface area contributed by atoms with Gasteiger partial charge < -0.3 is 9.84 Å². The number of likely N-dealkylation sites (tertiary alicyclic amines) is 1. The maximum atomic E-state index is 12.7. The Balaban J connectivity index is 1.55. The lowest BCUT2D eigenvalue weighted by atomic mass is 10.1. The third kappa shape index (κ3) is 6.31. The highest BCUT2D eigenvalue weighted by Gasteiger charge is 2.26. The second-order valence-electron chi connectivity index (χ2n) is 6.97. The highest BCUT2D eigenvalue weighted by Crippen LogP contribution is 2.26. The first-order valence-corrected chi connectivity index (χ1v) is 11.6. The quantitative estimate of drug-likeness (QED) is 0.634. The third-order valence-corrected chi connectivity index (χ3v) is 6.99. The van der Waals surface area contributed by atoms with E-state index in [1.165, 1.54) is 12.1 Å². The minimum absolute atomic E-state index is 0.00814. The number of ether oxygens (including phenoxy) is 1. The average molecular weight is 459 g/mol. The smallest absolute Gasteiger partial charge is 0.242 e. The van der Waals surface area contributed by atoms with E-state index in [0.29, 0.717) is 17.9 Å². The molecule has 0 unspecified atom stereocenters. The van der Waals surface area contributed by atoms with Crippen molar-refractivity contribution in [3.8, 4) is 5.75 Å². The summed E-state index contributed by atoms with van der Waals surface area (Å²) >= 11 is 12.0. The van der Waals surface area contributed by atoms with Gasteiger partial charge >= 0.3 is 0 Å². The van der Waals surface area contributed by atoms with E-state index >= 15 is 0 Å². The number of aliphatic hydroxyl groups excluding tert-OH is 1. The van der Waals surface area contributed by atoms with Crippen molar-refractivity contribution >= 4 is 33.2 Å². The molecule has 2 aromatic carbocycles. The van der Waals surface area contributed by atoms with Crippen molar-refractivity contribution in [2.75, 3.05) is 26.3 Å². The summed E-state index contributed by atoms with van der Waals surface area (Å²) in [6.07, 6.45) is 1.41. The van der Waals surface area contributed by atoms with Crippen molar-refractivity contribution in [2.24, 2.45) is 0 Å². The summed E-state index contributed by atoms with van der Waals surface area (Å²) in [6, 6.07) is 12.1. The van der Waals surface area contributed by atoms with Crippen LogP contribution >= 0.6 is 23.2 Å². The molecule has 0 aromatic heterocycles. The minimum Gasteiger partial charge on any atom is -0.491 e. The number of hydrogen-bond donors (Lipinski definition) is 2. The van der Waals surface area contributed by atoms with E-state index in [2.05, 4.69) is 9.62 Å². The van der Waals surface area contributed by atoms with Crippen LogP contribution in [0, 0.1) is 0 Å². The second kappa shape index (κ2) is 10.1. The van der Waals surface area contributed by atoms with Crippen LogP contribution in [-0.2, 0) is 16.6 Å². The minimum atomic E-state index is -3.73. The Morgan fingerprint density at radius 3 is 2.62 bits per heavy atom. The SMILES string of the molecule is O=S(=O)(NC1CCN(Cc2cccc(OCCO)c2)CC1)c1cc(Cl)ccc1Cl. The van der Waals surface area contributed by atoms with Gasteiger partial charge in [-0.15, -0.1) is 0 Å². The number of nitrogens with zero attached hydrogens (tertiary/aromatic N) is 1. The number of sulfonamides is 1. The number of aliphatic hydroxyl groups is 1. The van der Waals surface area contributed by atoms with E-state index < -0.39 is 10.0 Å². The molecule has 9 heteroatoms. The maximum absolute atomic E-state index is 12.7. The van der Waals surface area contributed by atoms with Gasteiger partial charge in [0.05, 0.1) is 11.6 Å². The van der Waals surface area contributed by atoms with Crippen LogP contribution in [-0.4, -0.2) is 50.8 Å². The summed E-state index contributed by atoms with van der Waals surface area (Å²) in [4.78, 5) is 2.29. The van der Waals surface area contributed by atoms with Crippen LogP contribution in [0.3, 0.4) is 0 Å². The van der Waals surface area contributed by atoms with E-state index in [0.717, 1.165) is 30.9 Å². The fourth-order valence-corrected chi connectivity index (χ4v) is 5.40. The molecule has 0 aliphatic carbocycles. The Bertz CT molecular complexity index is 932. The second-order valence-corrected chi connectivity index (χ2v) is 9.49. The number of piperidine rings is 1. The van der Waals surface area contributed by atoms with E-state index in [1.807, 2.05) is 24.3 Å². The zero-order chi connectivity index (χ0) is 20.9. The van der Waals surface area contributed by atoms with Gasteiger partial charge in [0.1, 0.15) is 17.3 Å². The van der Waals surface area contributed by atoms with Crippen molar-refractivity contribution in [1.29, 1.82) is 0 Å². The molecule has 1 aliphatic rings. The molecule has 29 heavy (non-hydrogen) atoms. The van der Waals surface area contributed by atoms with Crippen LogP contribution < -0.4 is 9.46 Å². The predicted molar refractivity (Wildman–Crippen MR) is 114 cm³/mol. The molecular weight excluding hydrogens is 435 g/mol. The largest absolute Gasteiger partial charge is 0.491 e. The summed E-state index contributed by atoms with van der Waals surface area (Å²) in [5.74, 6) is 0.734. The molecule has 1 aliphatic heterocycles. The molecule has 0 radical (unpaired) electrons. The lowest BCUT2D eigenvalue weighted by Crippen LogP contribution is -2.44. The molecule has 158 valence electrons. The number of hydrogen-bond acceptors (Lipinski definition) is 5. The molecule has 0 saturated carbocycles. The van der Waals surface area contributed by atoms with Crippen LogP contribution in [0.5, 0.6) is 5.75 Å². The van der Waals surface area contributed by atoms with Crippen LogP contribution in [0.2, 0.25) is 10.0 Å². The van der Waals surface area contributed by atoms with Crippen LogP contribution in [0.25, 0.3) is 0 Å². The standard InChI is InChI=1S/C20H24Cl2N2O4S/c21-16-4-5-19(22)20(13-16)29(26,27)23-17-6-8-24(9-7-17)14-15-2-1-3-18(12-15)28-11-10-25/h1-5,12-13,17,23,25H,6-11,14H2. The van der Waals surface area contributed by atoms with Crippen LogP contribution in [0.15, 0.2) is 47.4 Å². The molecule has 0 amide bonds. The highest BCUT2D eigenvalue weighted by molar-refractivity contribution is 7.89. The third-order valence-electron chi connectivity index (χ3n) is 4.76. The molecule has 2 aromatic rings. The van der Waals surface area contributed by atoms with E-state index in [-0.39, 0.29) is 29.2 Å². The van der Waals surface area contributed by atoms with Gasteiger partial charge in [-0.3, -0.25) is 4.90 Å². The molecule has 0 spiro atoms. The Morgan fingerprint density at radius 1 is 1.14 bits per heavy atom. The van der Waals surface area contributed by atoms with Crippen LogP contribution in [0.4, 0.5) is 0 Å². The molecule has 3 rings (SSSR count). The normalized spacial score (nSPS) is 16.1. The first-order chi connectivity index (χ1) is 13.9. The number of nitrogens with one attached hydrogen (secondary N) is 1. The summed E-state index contributed by atoms with van der Waals surface area (Å²) in [5, 5.41) is 9.35. The van der Waals surface area contributed by atoms with Crippen molar-refractivity contribution in [2.45, 2.75) is 30.3 Å². The topological polar surface area (TPSA) is 78.9 Å². The van der Waals surface area contributed by atoms with Gasteiger partial charge in [-0.1, -0.05) is 35.3 Å². The Labute approximate surface area is 181 Å². The van der Waals surface area contributed by atoms with Gasteiger partial charge in [-0.2, -0.15) is 0 Å². The van der Waals surface area contributed by atoms with Gasteiger partial charge in [0, 0.05) is 30.7 Å². The van der Waals surface area contributed by atoms with Crippen molar-refractivity contribution < 1.29 is 18.3 Å². The van der Waals surface area contributed by atoms with E-state index in [4.69, 9.17) is 33.0 Å². The summed E-state index contributed by atoms with van der Waals surface area (Å²) in [6.45, 7) is 2.56. The van der Waals surface area contributed by atoms with E-state index in [1.54, 1.807) is 6.07 Å². The zero-order valence-electron chi connectivity index (χ0n) is 15.9. The fourth-order valence-electron chi connectivity index (χ4n) is 3.33. The molecule has 1 fully saturated rings. The van der Waals surface area contributed by atoms with Gasteiger partial charge in [-0.05, 0) is 48.7 Å². The number of benzene rings is 2. The number of rotatable bonds is 8. The monoisotopic (exact) mass is 458 g/mol. The van der Waals surface area contributed by atoms with Crippen molar-refractivity contribution in [1.82, 2.24) is 9.62 Å². The average Bonchev–Trinajstić information content (AvgIpc) is 2.70. The molecule has 0 atom stereocenters. The van der Waals surface area contributed by atoms with Gasteiger partial charge in [0.25, 0.3) is 0 Å². The lowest BCUT2D eigenvalue weighted by Gasteiger charge is -2.32. The first kappa shape index (κ1) is 22.3. The maximum Gasteiger partial charge on any atom is 0.242 e. The Kier molecular flexibility index (Phi) is 7.79. The van der Waals surface area contributed by atoms with Crippen LogP contribution in [0.1, 0.15) is 18.4 Å². The predicted octanol–water partition coefficient (Wildman–Crippen LogP) is 3.31. The molecular formula is C20H24Cl2N2O4S. The van der Waals surface area contributed by atoms with E-state index in [9.17, 15) is 8.42 Å². The lowest BCUT2D eigenvalue weighted by molar-refractivity contribution is 0.196. The first-order valence-electron chi connectivity index (χ1n) is 9.40. The summed E-state index contributed by atoms with van der Waals surface area (Å²) in [7, 11) is -3.73. The van der Waals surface area contributed by atoms with Gasteiger partial charge in [0.15, 0.2) is 0 Å². The molecule has 1 saturated heterocycles. The summed E-state index contributed by atoms with van der Waals surface area (Å²) in [5.41, 5.74) is 1.12. The Morgan fingerprint density at radius 2 is 1.90 bits per heavy atom. The van der Waals surface area contributed by atoms with Crippen molar-refractivity contribution in [3.05, 3.63) is 58.1 Å². The zero-order valence-corrected chi connectivity index (χ0v) is 18.2. The summed E-state index contributed by atoms with van der Waals surface area (Å²) < 4.78 is 33.5. The molecule has 6 nitrogen and oxygen atoms in total. The number of halogens is 2. The van der Waals surface area contributed by atoms with Crippen molar-refractivity contribution in [3.63, 3.8) is 0 Å².